The van der Waals surface area contributed by atoms with Gasteiger partial charge in [0.05, 0.1) is 11.5 Å². The van der Waals surface area contributed by atoms with Crippen LogP contribution in [0, 0.1) is 5.92 Å². The summed E-state index contributed by atoms with van der Waals surface area (Å²) in [6.07, 6.45) is 2.88. The number of hydrogen-bond acceptors (Lipinski definition) is 5. The third-order valence-electron chi connectivity index (χ3n) is 5.42. The highest BCUT2D eigenvalue weighted by Crippen LogP contribution is 2.42. The van der Waals surface area contributed by atoms with E-state index in [9.17, 15) is 22.8 Å². The molecule has 2 saturated heterocycles. The molecule has 1 aliphatic carbocycles. The van der Waals surface area contributed by atoms with E-state index in [2.05, 4.69) is 5.32 Å². The topological polar surface area (TPSA) is 104 Å². The first-order valence-electron chi connectivity index (χ1n) is 8.82. The van der Waals surface area contributed by atoms with Crippen molar-refractivity contribution in [1.29, 1.82) is 0 Å². The summed E-state index contributed by atoms with van der Waals surface area (Å²) in [6.45, 7) is 3.70. The number of carbonyl (C=O) groups is 3. The van der Waals surface area contributed by atoms with Crippen molar-refractivity contribution in [3.63, 3.8) is 0 Å². The van der Waals surface area contributed by atoms with Gasteiger partial charge in [0.2, 0.25) is 5.91 Å². The van der Waals surface area contributed by atoms with Crippen LogP contribution in [-0.2, 0) is 19.4 Å². The molecule has 0 aromatic heterocycles. The van der Waals surface area contributed by atoms with E-state index in [1.165, 1.54) is 4.90 Å². The molecule has 2 heterocycles. The molecule has 1 saturated carbocycles. The number of nitrogens with one attached hydrogen (secondary N) is 1. The summed E-state index contributed by atoms with van der Waals surface area (Å²) in [6, 6.07) is -0.906. The molecular formula is C16H25N3O5S. The highest BCUT2D eigenvalue weighted by molar-refractivity contribution is 7.91. The minimum absolute atomic E-state index is 0.0430. The van der Waals surface area contributed by atoms with E-state index in [1.807, 2.05) is 6.92 Å². The van der Waals surface area contributed by atoms with Gasteiger partial charge in [-0.2, -0.15) is 0 Å². The van der Waals surface area contributed by atoms with Gasteiger partial charge >= 0.3 is 6.03 Å². The Labute approximate surface area is 147 Å². The van der Waals surface area contributed by atoms with Crippen molar-refractivity contribution < 1.29 is 22.8 Å². The average molecular weight is 371 g/mol. The van der Waals surface area contributed by atoms with Gasteiger partial charge < -0.3 is 10.2 Å². The summed E-state index contributed by atoms with van der Waals surface area (Å²) in [4.78, 5) is 40.1. The van der Waals surface area contributed by atoms with Gasteiger partial charge in [-0.3, -0.25) is 14.5 Å². The van der Waals surface area contributed by atoms with E-state index in [0.29, 0.717) is 19.4 Å². The quantitative estimate of drug-likeness (QED) is 0.669. The number of sulfone groups is 1. The summed E-state index contributed by atoms with van der Waals surface area (Å²) >= 11 is 0. The zero-order valence-corrected chi connectivity index (χ0v) is 15.5. The van der Waals surface area contributed by atoms with Gasteiger partial charge in [-0.15, -0.1) is 0 Å². The Morgan fingerprint density at radius 2 is 2.00 bits per heavy atom. The number of nitrogens with zero attached hydrogens (tertiary/aromatic N) is 2. The number of imide groups is 1. The van der Waals surface area contributed by atoms with Gasteiger partial charge in [0, 0.05) is 12.6 Å². The summed E-state index contributed by atoms with van der Waals surface area (Å²) in [5, 5.41) is 2.72. The van der Waals surface area contributed by atoms with Gasteiger partial charge in [-0.1, -0.05) is 6.92 Å². The molecule has 2 aliphatic heterocycles. The summed E-state index contributed by atoms with van der Waals surface area (Å²) in [5.41, 5.74) is -0.913. The van der Waals surface area contributed by atoms with Crippen molar-refractivity contribution in [1.82, 2.24) is 15.1 Å². The fourth-order valence-electron chi connectivity index (χ4n) is 3.80. The van der Waals surface area contributed by atoms with Crippen molar-refractivity contribution in [3.8, 4) is 0 Å². The molecule has 0 aromatic carbocycles. The largest absolute Gasteiger partial charge is 0.337 e. The number of urea groups is 1. The van der Waals surface area contributed by atoms with E-state index in [0.717, 1.165) is 17.7 Å². The van der Waals surface area contributed by atoms with Crippen LogP contribution in [0.4, 0.5) is 4.79 Å². The lowest BCUT2D eigenvalue weighted by molar-refractivity contribution is -0.140. The zero-order valence-electron chi connectivity index (χ0n) is 14.7. The third-order valence-corrected chi connectivity index (χ3v) is 7.17. The van der Waals surface area contributed by atoms with Crippen LogP contribution in [0.2, 0.25) is 0 Å². The standard InChI is InChI=1S/C16H25N3O5S/c1-3-7-18(12-6-8-25(23,24)10-12)13(20)9-19-14(21)16(2,11-4-5-11)17-15(19)22/h11-12H,3-10H2,1-2H3,(H,17,22). The maximum absolute atomic E-state index is 12.7. The Hall–Kier alpha value is -1.64. The summed E-state index contributed by atoms with van der Waals surface area (Å²) in [7, 11) is -3.12. The van der Waals surface area contributed by atoms with Crippen LogP contribution in [0.25, 0.3) is 0 Å². The highest BCUT2D eigenvalue weighted by Gasteiger charge is 2.56. The molecule has 4 amide bonds. The van der Waals surface area contributed by atoms with Gasteiger partial charge in [-0.25, -0.2) is 13.2 Å². The lowest BCUT2D eigenvalue weighted by atomic mass is 9.96. The normalized spacial score (nSPS) is 31.3. The summed E-state index contributed by atoms with van der Waals surface area (Å²) < 4.78 is 23.4. The fraction of sp³-hybridized carbons (Fsp3) is 0.812. The molecule has 2 atom stereocenters. The SMILES string of the molecule is CCCN(C(=O)CN1C(=O)NC(C)(C2CC2)C1=O)C1CCS(=O)(=O)C1. The maximum atomic E-state index is 12.7. The molecule has 0 radical (unpaired) electrons. The van der Waals surface area contributed by atoms with Crippen molar-refractivity contribution in [2.45, 2.75) is 51.1 Å². The second-order valence-corrected chi connectivity index (χ2v) is 9.67. The van der Waals surface area contributed by atoms with Crippen molar-refractivity contribution >= 4 is 27.7 Å². The number of amides is 4. The molecular weight excluding hydrogens is 346 g/mol. The molecule has 3 fully saturated rings. The monoisotopic (exact) mass is 371 g/mol. The van der Waals surface area contributed by atoms with Gasteiger partial charge in [0.15, 0.2) is 9.84 Å². The predicted molar refractivity (Wildman–Crippen MR) is 90.4 cm³/mol. The Kier molecular flexibility index (Phi) is 4.55. The second kappa shape index (κ2) is 6.26. The van der Waals surface area contributed by atoms with Crippen LogP contribution in [0.5, 0.6) is 0 Å². The Morgan fingerprint density at radius 3 is 2.52 bits per heavy atom. The third kappa shape index (κ3) is 3.38. The van der Waals surface area contributed by atoms with Crippen LogP contribution in [-0.4, -0.2) is 72.2 Å². The maximum Gasteiger partial charge on any atom is 0.325 e. The van der Waals surface area contributed by atoms with Crippen LogP contribution in [0.3, 0.4) is 0 Å². The van der Waals surface area contributed by atoms with Crippen LogP contribution < -0.4 is 5.32 Å². The van der Waals surface area contributed by atoms with E-state index in [1.54, 1.807) is 6.92 Å². The molecule has 25 heavy (non-hydrogen) atoms. The van der Waals surface area contributed by atoms with Crippen LogP contribution >= 0.6 is 0 Å². The Morgan fingerprint density at radius 1 is 1.32 bits per heavy atom. The highest BCUT2D eigenvalue weighted by atomic mass is 32.2. The van der Waals surface area contributed by atoms with E-state index in [4.69, 9.17) is 0 Å². The Balaban J connectivity index is 1.71. The molecule has 9 heteroatoms. The number of carbonyl (C=O) groups excluding carboxylic acids is 3. The van der Waals surface area contributed by atoms with E-state index >= 15 is 0 Å². The van der Waals surface area contributed by atoms with E-state index in [-0.39, 0.29) is 41.8 Å². The Bertz CT molecular complexity index is 703. The number of hydrogen-bond donors (Lipinski definition) is 1. The molecule has 2 unspecified atom stereocenters. The predicted octanol–water partition coefficient (Wildman–Crippen LogP) is 0.133. The van der Waals surface area contributed by atoms with Crippen molar-refractivity contribution in [3.05, 3.63) is 0 Å². The lowest BCUT2D eigenvalue weighted by Crippen LogP contribution is -2.49. The molecule has 3 rings (SSSR count). The average Bonchev–Trinajstić information content (AvgIpc) is 3.29. The summed E-state index contributed by atoms with van der Waals surface area (Å²) in [5.74, 6) is -0.556. The lowest BCUT2D eigenvalue weighted by Gasteiger charge is -2.29. The molecule has 3 aliphatic rings. The zero-order chi connectivity index (χ0) is 18.4. The van der Waals surface area contributed by atoms with Gasteiger partial charge in [-0.05, 0) is 38.5 Å². The first-order chi connectivity index (χ1) is 11.7. The molecule has 0 aromatic rings. The first-order valence-corrected chi connectivity index (χ1v) is 10.6. The minimum atomic E-state index is -3.12. The molecule has 1 N–H and O–H groups in total. The fourth-order valence-corrected chi connectivity index (χ4v) is 5.53. The van der Waals surface area contributed by atoms with Crippen molar-refractivity contribution in [2.24, 2.45) is 5.92 Å². The number of rotatable bonds is 6. The minimum Gasteiger partial charge on any atom is -0.337 e. The first kappa shape index (κ1) is 18.2. The molecule has 0 bridgehead atoms. The smallest absolute Gasteiger partial charge is 0.325 e. The van der Waals surface area contributed by atoms with Gasteiger partial charge in [0.25, 0.3) is 5.91 Å². The molecule has 140 valence electrons. The molecule has 8 nitrogen and oxygen atoms in total. The van der Waals surface area contributed by atoms with Gasteiger partial charge in [0.1, 0.15) is 12.1 Å². The van der Waals surface area contributed by atoms with Crippen molar-refractivity contribution in [2.75, 3.05) is 24.6 Å². The second-order valence-electron chi connectivity index (χ2n) is 7.44. The molecule has 0 spiro atoms. The van der Waals surface area contributed by atoms with E-state index < -0.39 is 21.4 Å². The van der Waals surface area contributed by atoms with Crippen LogP contribution in [0.15, 0.2) is 0 Å². The van der Waals surface area contributed by atoms with Crippen LogP contribution in [0.1, 0.15) is 39.5 Å².